The molecule has 0 radical (unpaired) electrons. The third-order valence-electron chi connectivity index (χ3n) is 3.36. The standard InChI is InChI=1S/C14H16BrN3S/c1-9-7-11(12-4-5-13(15)19-12)18-14(17-9)10-3-2-6-16-8-10/h4-5,7,10,16H,2-3,6,8H2,1H3. The number of aryl methyl sites for hydroxylation is 1. The van der Waals surface area contributed by atoms with Crippen LogP contribution in [0, 0.1) is 6.92 Å². The van der Waals surface area contributed by atoms with Gasteiger partial charge in [-0.15, -0.1) is 11.3 Å². The Hall–Kier alpha value is -0.780. The predicted octanol–water partition coefficient (Wildman–Crippen LogP) is 3.74. The van der Waals surface area contributed by atoms with Gasteiger partial charge in [-0.1, -0.05) is 0 Å². The zero-order valence-electron chi connectivity index (χ0n) is 10.8. The van der Waals surface area contributed by atoms with Crippen molar-refractivity contribution < 1.29 is 0 Å². The Labute approximate surface area is 125 Å². The fourth-order valence-corrected chi connectivity index (χ4v) is 3.77. The first-order valence-electron chi connectivity index (χ1n) is 6.54. The summed E-state index contributed by atoms with van der Waals surface area (Å²) in [5.41, 5.74) is 2.10. The number of nitrogens with zero attached hydrogens (tertiary/aromatic N) is 2. The Morgan fingerprint density at radius 3 is 2.95 bits per heavy atom. The molecular weight excluding hydrogens is 322 g/mol. The summed E-state index contributed by atoms with van der Waals surface area (Å²) in [6, 6.07) is 6.25. The lowest BCUT2D eigenvalue weighted by Crippen LogP contribution is -2.29. The van der Waals surface area contributed by atoms with Crippen molar-refractivity contribution in [3.63, 3.8) is 0 Å². The van der Waals surface area contributed by atoms with E-state index < -0.39 is 0 Å². The first-order valence-corrected chi connectivity index (χ1v) is 8.15. The lowest BCUT2D eigenvalue weighted by atomic mass is 9.98. The van der Waals surface area contributed by atoms with Gasteiger partial charge in [0.25, 0.3) is 0 Å². The molecular formula is C14H16BrN3S. The van der Waals surface area contributed by atoms with Crippen molar-refractivity contribution >= 4 is 27.3 Å². The van der Waals surface area contributed by atoms with Crippen LogP contribution in [0.5, 0.6) is 0 Å². The first kappa shape index (κ1) is 13.2. The zero-order chi connectivity index (χ0) is 13.2. The highest BCUT2D eigenvalue weighted by Crippen LogP contribution is 2.31. The number of piperidine rings is 1. The lowest BCUT2D eigenvalue weighted by Gasteiger charge is -2.22. The third kappa shape index (κ3) is 3.04. The molecule has 2 aromatic heterocycles. The summed E-state index contributed by atoms with van der Waals surface area (Å²) in [6.07, 6.45) is 2.39. The number of halogens is 1. The smallest absolute Gasteiger partial charge is 0.133 e. The van der Waals surface area contributed by atoms with Gasteiger partial charge < -0.3 is 5.32 Å². The number of hydrogen-bond acceptors (Lipinski definition) is 4. The number of hydrogen-bond donors (Lipinski definition) is 1. The van der Waals surface area contributed by atoms with Crippen LogP contribution in [0.15, 0.2) is 22.0 Å². The van der Waals surface area contributed by atoms with Gasteiger partial charge in [-0.05, 0) is 60.4 Å². The maximum atomic E-state index is 4.78. The molecule has 2 aromatic rings. The maximum absolute atomic E-state index is 4.78. The molecule has 1 atom stereocenters. The van der Waals surface area contributed by atoms with E-state index >= 15 is 0 Å². The van der Waals surface area contributed by atoms with Crippen molar-refractivity contribution in [2.45, 2.75) is 25.7 Å². The summed E-state index contributed by atoms with van der Waals surface area (Å²) in [6.45, 7) is 4.16. The molecule has 5 heteroatoms. The van der Waals surface area contributed by atoms with Crippen LogP contribution in [0.4, 0.5) is 0 Å². The fourth-order valence-electron chi connectivity index (χ4n) is 2.42. The Morgan fingerprint density at radius 1 is 1.37 bits per heavy atom. The number of rotatable bonds is 2. The van der Waals surface area contributed by atoms with Gasteiger partial charge in [0.15, 0.2) is 0 Å². The van der Waals surface area contributed by atoms with E-state index in [-0.39, 0.29) is 0 Å². The van der Waals surface area contributed by atoms with Crippen molar-refractivity contribution in [2.24, 2.45) is 0 Å². The van der Waals surface area contributed by atoms with E-state index in [9.17, 15) is 0 Å². The van der Waals surface area contributed by atoms with Crippen LogP contribution in [0.2, 0.25) is 0 Å². The highest BCUT2D eigenvalue weighted by molar-refractivity contribution is 9.11. The Kier molecular flexibility index (Phi) is 3.96. The second-order valence-corrected chi connectivity index (χ2v) is 7.36. The highest BCUT2D eigenvalue weighted by atomic mass is 79.9. The molecule has 19 heavy (non-hydrogen) atoms. The summed E-state index contributed by atoms with van der Waals surface area (Å²) in [4.78, 5) is 10.6. The van der Waals surface area contributed by atoms with Crippen molar-refractivity contribution in [2.75, 3.05) is 13.1 Å². The van der Waals surface area contributed by atoms with E-state index in [0.717, 1.165) is 34.1 Å². The molecule has 0 amide bonds. The van der Waals surface area contributed by atoms with Crippen LogP contribution in [0.25, 0.3) is 10.6 Å². The SMILES string of the molecule is Cc1cc(-c2ccc(Br)s2)nc(C2CCCNC2)n1. The molecule has 0 bridgehead atoms. The average molecular weight is 338 g/mol. The predicted molar refractivity (Wildman–Crippen MR) is 82.6 cm³/mol. The molecule has 1 fully saturated rings. The Bertz CT molecular complexity index is 576. The van der Waals surface area contributed by atoms with E-state index in [1.165, 1.54) is 17.7 Å². The molecule has 0 saturated carbocycles. The minimum absolute atomic E-state index is 0.454. The van der Waals surface area contributed by atoms with Gasteiger partial charge in [0.1, 0.15) is 5.82 Å². The summed E-state index contributed by atoms with van der Waals surface area (Å²) in [7, 11) is 0. The Balaban J connectivity index is 1.95. The van der Waals surface area contributed by atoms with Gasteiger partial charge in [-0.3, -0.25) is 0 Å². The van der Waals surface area contributed by atoms with Gasteiger partial charge >= 0.3 is 0 Å². The second-order valence-electron chi connectivity index (χ2n) is 4.90. The summed E-state index contributed by atoms with van der Waals surface area (Å²) >= 11 is 5.22. The van der Waals surface area contributed by atoms with Crippen molar-refractivity contribution in [3.05, 3.63) is 33.5 Å². The van der Waals surface area contributed by atoms with Crippen molar-refractivity contribution in [3.8, 4) is 10.6 Å². The number of aromatic nitrogens is 2. The number of nitrogens with one attached hydrogen (secondary N) is 1. The molecule has 3 rings (SSSR count). The molecule has 0 aliphatic carbocycles. The number of thiophene rings is 1. The molecule has 1 unspecified atom stereocenters. The fraction of sp³-hybridized carbons (Fsp3) is 0.429. The first-order chi connectivity index (χ1) is 9.22. The highest BCUT2D eigenvalue weighted by Gasteiger charge is 2.19. The normalized spacial score (nSPS) is 19.6. The maximum Gasteiger partial charge on any atom is 0.133 e. The van der Waals surface area contributed by atoms with Crippen molar-refractivity contribution in [1.82, 2.24) is 15.3 Å². The minimum Gasteiger partial charge on any atom is -0.316 e. The van der Waals surface area contributed by atoms with E-state index in [1.807, 2.05) is 6.92 Å². The quantitative estimate of drug-likeness (QED) is 0.906. The monoisotopic (exact) mass is 337 g/mol. The molecule has 0 aromatic carbocycles. The van der Waals surface area contributed by atoms with Gasteiger partial charge in [0, 0.05) is 18.2 Å². The topological polar surface area (TPSA) is 37.8 Å². The molecule has 1 aliphatic rings. The zero-order valence-corrected chi connectivity index (χ0v) is 13.2. The molecule has 1 N–H and O–H groups in total. The van der Waals surface area contributed by atoms with Crippen LogP contribution in [0.1, 0.15) is 30.3 Å². The molecule has 100 valence electrons. The van der Waals surface area contributed by atoms with E-state index in [0.29, 0.717) is 5.92 Å². The Morgan fingerprint density at radius 2 is 2.26 bits per heavy atom. The van der Waals surface area contributed by atoms with Gasteiger partial charge in [-0.25, -0.2) is 9.97 Å². The van der Waals surface area contributed by atoms with Crippen LogP contribution >= 0.6 is 27.3 Å². The van der Waals surface area contributed by atoms with Crippen LogP contribution in [-0.2, 0) is 0 Å². The van der Waals surface area contributed by atoms with E-state index in [1.54, 1.807) is 11.3 Å². The van der Waals surface area contributed by atoms with Gasteiger partial charge in [-0.2, -0.15) is 0 Å². The molecule has 3 nitrogen and oxygen atoms in total. The van der Waals surface area contributed by atoms with Gasteiger partial charge in [0.05, 0.1) is 14.4 Å². The molecule has 0 spiro atoms. The molecule has 1 aliphatic heterocycles. The van der Waals surface area contributed by atoms with Crippen LogP contribution < -0.4 is 5.32 Å². The van der Waals surface area contributed by atoms with Crippen LogP contribution in [-0.4, -0.2) is 23.1 Å². The summed E-state index contributed by atoms with van der Waals surface area (Å²) < 4.78 is 1.14. The van der Waals surface area contributed by atoms with Crippen LogP contribution in [0.3, 0.4) is 0 Å². The van der Waals surface area contributed by atoms with E-state index in [4.69, 9.17) is 4.98 Å². The lowest BCUT2D eigenvalue weighted by molar-refractivity contribution is 0.446. The molecule has 3 heterocycles. The summed E-state index contributed by atoms with van der Waals surface area (Å²) in [5.74, 6) is 1.45. The largest absolute Gasteiger partial charge is 0.316 e. The third-order valence-corrected chi connectivity index (χ3v) is 5.01. The second kappa shape index (κ2) is 5.69. The average Bonchev–Trinajstić information content (AvgIpc) is 2.86. The summed E-state index contributed by atoms with van der Waals surface area (Å²) in [5, 5.41) is 3.43. The van der Waals surface area contributed by atoms with Crippen molar-refractivity contribution in [1.29, 1.82) is 0 Å². The molecule has 1 saturated heterocycles. The van der Waals surface area contributed by atoms with Gasteiger partial charge in [0.2, 0.25) is 0 Å². The van der Waals surface area contributed by atoms with E-state index in [2.05, 4.69) is 44.4 Å². The minimum atomic E-state index is 0.454.